The van der Waals surface area contributed by atoms with Gasteiger partial charge in [-0.25, -0.2) is 14.2 Å². The van der Waals surface area contributed by atoms with Crippen LogP contribution in [0.1, 0.15) is 35.2 Å². The topological polar surface area (TPSA) is 69.9 Å². The van der Waals surface area contributed by atoms with E-state index in [1.165, 1.54) is 28.0 Å². The molecule has 2 heterocycles. The number of halogens is 3. The van der Waals surface area contributed by atoms with Gasteiger partial charge in [0.25, 0.3) is 5.56 Å². The van der Waals surface area contributed by atoms with Crippen molar-refractivity contribution in [3.05, 3.63) is 160 Å². The predicted molar refractivity (Wildman–Crippen MR) is 177 cm³/mol. The average molecular weight is 704 g/mol. The number of hydrogen-bond acceptors (Lipinski definition) is 6. The number of hydrogen-bond donors (Lipinski definition) is 0. The van der Waals surface area contributed by atoms with Crippen LogP contribution in [0.2, 0.25) is 5.02 Å². The van der Waals surface area contributed by atoms with Gasteiger partial charge in [-0.05, 0) is 70.4 Å². The molecular weight excluding hydrogens is 679 g/mol. The van der Waals surface area contributed by atoms with Gasteiger partial charge in [0.05, 0.1) is 32.9 Å². The monoisotopic (exact) mass is 702 g/mol. The second-order valence-electron chi connectivity index (χ2n) is 10.1. The number of esters is 1. The number of ether oxygens (including phenoxy) is 2. The van der Waals surface area contributed by atoms with E-state index in [2.05, 4.69) is 15.9 Å². The van der Waals surface area contributed by atoms with Crippen molar-refractivity contribution in [2.45, 2.75) is 19.6 Å². The maximum absolute atomic E-state index is 14.1. The van der Waals surface area contributed by atoms with Gasteiger partial charge >= 0.3 is 5.97 Å². The molecule has 0 radical (unpaired) electrons. The Morgan fingerprint density at radius 2 is 1.78 bits per heavy atom. The van der Waals surface area contributed by atoms with Gasteiger partial charge in [-0.1, -0.05) is 89.7 Å². The van der Waals surface area contributed by atoms with Gasteiger partial charge in [0, 0.05) is 16.1 Å². The Balaban J connectivity index is 1.46. The Hall–Kier alpha value is -4.31. The van der Waals surface area contributed by atoms with E-state index >= 15 is 0 Å². The van der Waals surface area contributed by atoms with E-state index in [0.717, 1.165) is 11.1 Å². The lowest BCUT2D eigenvalue weighted by Gasteiger charge is -2.25. The van der Waals surface area contributed by atoms with Crippen molar-refractivity contribution in [3.63, 3.8) is 0 Å². The summed E-state index contributed by atoms with van der Waals surface area (Å²) in [6.45, 7) is 2.15. The highest BCUT2D eigenvalue weighted by molar-refractivity contribution is 9.10. The van der Waals surface area contributed by atoms with Crippen molar-refractivity contribution < 1.29 is 18.7 Å². The molecule has 6 rings (SSSR count). The molecule has 1 aromatic heterocycles. The van der Waals surface area contributed by atoms with Gasteiger partial charge in [0.15, 0.2) is 4.80 Å². The molecule has 0 unspecified atom stereocenters. The molecule has 4 aromatic carbocycles. The second kappa shape index (κ2) is 13.4. The predicted octanol–water partition coefficient (Wildman–Crippen LogP) is 7.07. The number of rotatable bonds is 8. The maximum atomic E-state index is 14.1. The fourth-order valence-corrected chi connectivity index (χ4v) is 6.75. The van der Waals surface area contributed by atoms with E-state index < -0.39 is 17.8 Å². The summed E-state index contributed by atoms with van der Waals surface area (Å²) in [5.74, 6) is -0.405. The standard InChI is InChI=1S/C35H25BrClFN2O4S/c1-2-43-34(42)30-31(22-8-4-3-5-9-22)39-35-40(32(30)23-13-15-25(38)16-14-23)33(41)29(45-35)19-21-12-17-28(26(36)18-21)44-20-24-10-6-7-11-27(24)37/h3-19,32H,2,20H2,1H3/b29-19-/t32-/m1/s1. The summed E-state index contributed by atoms with van der Waals surface area (Å²) >= 11 is 11.1. The third kappa shape index (κ3) is 6.42. The first kappa shape index (κ1) is 30.7. The summed E-state index contributed by atoms with van der Waals surface area (Å²) in [6.07, 6.45) is 1.77. The summed E-state index contributed by atoms with van der Waals surface area (Å²) in [7, 11) is 0. The van der Waals surface area contributed by atoms with Gasteiger partial charge in [-0.15, -0.1) is 0 Å². The third-order valence-corrected chi connectivity index (χ3v) is 9.13. The highest BCUT2D eigenvalue weighted by atomic mass is 79.9. The zero-order valence-corrected chi connectivity index (χ0v) is 27.0. The molecule has 45 heavy (non-hydrogen) atoms. The van der Waals surface area contributed by atoms with E-state index in [9.17, 15) is 14.0 Å². The van der Waals surface area contributed by atoms with Crippen LogP contribution in [0.3, 0.4) is 0 Å². The van der Waals surface area contributed by atoms with Gasteiger partial charge in [0.1, 0.15) is 18.2 Å². The molecule has 0 aliphatic carbocycles. The third-order valence-electron chi connectivity index (χ3n) is 7.15. The summed E-state index contributed by atoms with van der Waals surface area (Å²) in [6, 6.07) is 27.1. The minimum Gasteiger partial charge on any atom is -0.488 e. The number of fused-ring (bicyclic) bond motifs is 1. The average Bonchev–Trinajstić information content (AvgIpc) is 3.35. The molecule has 0 N–H and O–H groups in total. The van der Waals surface area contributed by atoms with Crippen LogP contribution in [-0.2, 0) is 16.1 Å². The molecule has 10 heteroatoms. The lowest BCUT2D eigenvalue weighted by atomic mass is 9.93. The Morgan fingerprint density at radius 3 is 2.49 bits per heavy atom. The van der Waals surface area contributed by atoms with Gasteiger partial charge < -0.3 is 9.47 Å². The largest absolute Gasteiger partial charge is 0.488 e. The molecule has 0 spiro atoms. The highest BCUT2D eigenvalue weighted by Gasteiger charge is 2.35. The Labute approximate surface area is 275 Å². The summed E-state index contributed by atoms with van der Waals surface area (Å²) in [5, 5.41) is 0.626. The smallest absolute Gasteiger partial charge is 0.338 e. The van der Waals surface area contributed by atoms with E-state index in [0.29, 0.717) is 48.0 Å². The molecule has 0 fully saturated rings. The van der Waals surface area contributed by atoms with Gasteiger partial charge in [0.2, 0.25) is 0 Å². The van der Waals surface area contributed by atoms with Crippen molar-refractivity contribution in [1.29, 1.82) is 0 Å². The van der Waals surface area contributed by atoms with Crippen LogP contribution in [-0.4, -0.2) is 17.1 Å². The van der Waals surface area contributed by atoms with Crippen molar-refractivity contribution >= 4 is 56.6 Å². The lowest BCUT2D eigenvalue weighted by molar-refractivity contribution is -0.138. The number of carbonyl (C=O) groups is 1. The Kier molecular flexibility index (Phi) is 9.11. The van der Waals surface area contributed by atoms with Crippen LogP contribution in [0.15, 0.2) is 117 Å². The zero-order valence-electron chi connectivity index (χ0n) is 23.9. The van der Waals surface area contributed by atoms with Crippen molar-refractivity contribution in [1.82, 2.24) is 4.57 Å². The van der Waals surface area contributed by atoms with Crippen LogP contribution < -0.4 is 19.6 Å². The minimum absolute atomic E-state index is 0.137. The number of benzene rings is 4. The molecule has 0 saturated heterocycles. The Bertz CT molecular complexity index is 2110. The summed E-state index contributed by atoms with van der Waals surface area (Å²) in [5.41, 5.74) is 3.14. The number of carbonyl (C=O) groups excluding carboxylic acids is 1. The van der Waals surface area contributed by atoms with E-state index in [1.807, 2.05) is 72.8 Å². The number of nitrogens with zero attached hydrogens (tertiary/aromatic N) is 2. The molecule has 0 saturated carbocycles. The molecule has 0 amide bonds. The maximum Gasteiger partial charge on any atom is 0.338 e. The summed E-state index contributed by atoms with van der Waals surface area (Å²) in [4.78, 5) is 32.8. The van der Waals surface area contributed by atoms with Gasteiger partial charge in [-0.3, -0.25) is 9.36 Å². The van der Waals surface area contributed by atoms with E-state index in [4.69, 9.17) is 26.1 Å². The van der Waals surface area contributed by atoms with Crippen LogP contribution in [0.5, 0.6) is 5.75 Å². The number of aromatic nitrogens is 1. The molecule has 226 valence electrons. The molecule has 5 aromatic rings. The molecular formula is C35H25BrClFN2O4S. The first-order valence-electron chi connectivity index (χ1n) is 14.0. The molecule has 1 aliphatic heterocycles. The number of thiazole rings is 1. The zero-order chi connectivity index (χ0) is 31.5. The minimum atomic E-state index is -0.884. The Morgan fingerprint density at radius 1 is 1.04 bits per heavy atom. The fraction of sp³-hybridized carbons (Fsp3) is 0.114. The van der Waals surface area contributed by atoms with Crippen LogP contribution in [0, 0.1) is 5.82 Å². The quantitative estimate of drug-likeness (QED) is 0.162. The molecule has 1 aliphatic rings. The lowest BCUT2D eigenvalue weighted by Crippen LogP contribution is -2.40. The van der Waals surface area contributed by atoms with Crippen LogP contribution in [0.25, 0.3) is 11.8 Å². The van der Waals surface area contributed by atoms with E-state index in [1.54, 1.807) is 25.1 Å². The SMILES string of the molecule is CCOC(=O)C1=C(c2ccccc2)N=c2s/c(=C\c3ccc(OCc4ccccc4Cl)c(Br)c3)c(=O)n2[C@@H]1c1ccc(F)cc1. The molecule has 1 atom stereocenters. The van der Waals surface area contributed by atoms with Crippen molar-refractivity contribution in [2.24, 2.45) is 4.99 Å². The van der Waals surface area contributed by atoms with Crippen LogP contribution >= 0.6 is 38.9 Å². The highest BCUT2D eigenvalue weighted by Crippen LogP contribution is 2.35. The first-order valence-corrected chi connectivity index (χ1v) is 16.0. The fourth-order valence-electron chi connectivity index (χ4n) is 5.05. The van der Waals surface area contributed by atoms with Crippen LogP contribution in [0.4, 0.5) is 4.39 Å². The van der Waals surface area contributed by atoms with Crippen molar-refractivity contribution in [3.8, 4) is 5.75 Å². The molecule has 0 bridgehead atoms. The first-order chi connectivity index (χ1) is 21.8. The second-order valence-corrected chi connectivity index (χ2v) is 12.3. The van der Waals surface area contributed by atoms with Gasteiger partial charge in [-0.2, -0.15) is 0 Å². The molecule has 6 nitrogen and oxygen atoms in total. The normalized spacial score (nSPS) is 14.6. The van der Waals surface area contributed by atoms with E-state index in [-0.39, 0.29) is 17.7 Å². The summed E-state index contributed by atoms with van der Waals surface area (Å²) < 4.78 is 28.0. The van der Waals surface area contributed by atoms with Crippen molar-refractivity contribution in [2.75, 3.05) is 6.61 Å².